The Morgan fingerprint density at radius 1 is 1.14 bits per heavy atom. The minimum absolute atomic E-state index is 0.0151. The number of urea groups is 1. The summed E-state index contributed by atoms with van der Waals surface area (Å²) in [6.07, 6.45) is 1.35. The number of amides is 2. The van der Waals surface area contributed by atoms with Crippen LogP contribution in [0.5, 0.6) is 0 Å². The quantitative estimate of drug-likeness (QED) is 0.304. The van der Waals surface area contributed by atoms with Crippen LogP contribution in [0.25, 0.3) is 11.3 Å². The van der Waals surface area contributed by atoms with E-state index in [1.54, 1.807) is 24.3 Å². The highest BCUT2D eigenvalue weighted by Gasteiger charge is 2.13. The van der Waals surface area contributed by atoms with Gasteiger partial charge in [0.15, 0.2) is 0 Å². The van der Waals surface area contributed by atoms with E-state index in [-0.39, 0.29) is 5.69 Å². The summed E-state index contributed by atoms with van der Waals surface area (Å²) < 4.78 is 6.62. The lowest BCUT2D eigenvalue weighted by molar-refractivity contribution is -0.384. The molecule has 0 aliphatic rings. The maximum atomic E-state index is 11.9. The standard InChI is InChI=1S/C20H17BrN4O4/c1-12-3-5-15(25(27)28)10-17(12)19-8-6-16(29-19)11-22-24-20(26)23-14-4-7-18(21)13(2)9-14/h3-11H,1-2H3,(H2,23,24,26)/b22-11+. The van der Waals surface area contributed by atoms with Gasteiger partial charge in [0.2, 0.25) is 0 Å². The predicted molar refractivity (Wildman–Crippen MR) is 114 cm³/mol. The van der Waals surface area contributed by atoms with Gasteiger partial charge in [-0.2, -0.15) is 5.10 Å². The van der Waals surface area contributed by atoms with E-state index in [0.717, 1.165) is 15.6 Å². The minimum Gasteiger partial charge on any atom is -0.455 e. The summed E-state index contributed by atoms with van der Waals surface area (Å²) >= 11 is 3.40. The Hall–Kier alpha value is -3.46. The number of nitro benzene ring substituents is 1. The van der Waals surface area contributed by atoms with E-state index in [1.807, 2.05) is 26.0 Å². The number of anilines is 1. The Morgan fingerprint density at radius 3 is 2.66 bits per heavy atom. The number of nitrogens with zero attached hydrogens (tertiary/aromatic N) is 2. The molecule has 0 aliphatic carbocycles. The van der Waals surface area contributed by atoms with E-state index in [2.05, 4.69) is 31.8 Å². The van der Waals surface area contributed by atoms with Crippen molar-refractivity contribution >= 4 is 39.6 Å². The maximum absolute atomic E-state index is 11.9. The van der Waals surface area contributed by atoms with Gasteiger partial charge < -0.3 is 9.73 Å². The van der Waals surface area contributed by atoms with E-state index >= 15 is 0 Å². The summed E-state index contributed by atoms with van der Waals surface area (Å²) in [7, 11) is 0. The van der Waals surface area contributed by atoms with Crippen molar-refractivity contribution in [2.24, 2.45) is 5.10 Å². The average molecular weight is 457 g/mol. The van der Waals surface area contributed by atoms with E-state index in [0.29, 0.717) is 22.8 Å². The summed E-state index contributed by atoms with van der Waals surface area (Å²) in [5.41, 5.74) is 5.44. The maximum Gasteiger partial charge on any atom is 0.339 e. The Labute approximate surface area is 174 Å². The molecule has 1 heterocycles. The SMILES string of the molecule is Cc1cc(NC(=O)N/N=C/c2ccc(-c3cc([N+](=O)[O-])ccc3C)o2)ccc1Br. The first-order valence-electron chi connectivity index (χ1n) is 8.55. The molecule has 0 aliphatic heterocycles. The van der Waals surface area contributed by atoms with Crippen LogP contribution in [0.3, 0.4) is 0 Å². The second kappa shape index (κ2) is 8.70. The van der Waals surface area contributed by atoms with Gasteiger partial charge in [0.05, 0.1) is 11.1 Å². The lowest BCUT2D eigenvalue weighted by Gasteiger charge is -2.06. The van der Waals surface area contributed by atoms with Crippen LogP contribution >= 0.6 is 15.9 Å². The Balaban J connectivity index is 1.65. The van der Waals surface area contributed by atoms with Crippen LogP contribution in [0.2, 0.25) is 0 Å². The molecule has 2 N–H and O–H groups in total. The third kappa shape index (κ3) is 5.08. The van der Waals surface area contributed by atoms with Crippen molar-refractivity contribution in [1.82, 2.24) is 5.43 Å². The molecule has 0 fully saturated rings. The number of carbonyl (C=O) groups excluding carboxylic acids is 1. The van der Waals surface area contributed by atoms with E-state index in [9.17, 15) is 14.9 Å². The molecule has 8 nitrogen and oxygen atoms in total. The monoisotopic (exact) mass is 456 g/mol. The van der Waals surface area contributed by atoms with Crippen LogP contribution in [0, 0.1) is 24.0 Å². The Bertz CT molecular complexity index is 1110. The van der Waals surface area contributed by atoms with Crippen LogP contribution in [0.15, 0.2) is 62.5 Å². The summed E-state index contributed by atoms with van der Waals surface area (Å²) in [6, 6.07) is 12.9. The molecule has 2 amide bonds. The number of non-ortho nitro benzene ring substituents is 1. The lowest BCUT2D eigenvalue weighted by Crippen LogP contribution is -2.24. The number of benzene rings is 2. The molecule has 3 rings (SSSR count). The molecule has 0 spiro atoms. The Kier molecular flexibility index (Phi) is 6.08. The van der Waals surface area contributed by atoms with E-state index in [1.165, 1.54) is 18.3 Å². The smallest absolute Gasteiger partial charge is 0.339 e. The number of nitrogens with one attached hydrogen (secondary N) is 2. The molecular formula is C20H17BrN4O4. The Morgan fingerprint density at radius 2 is 1.93 bits per heavy atom. The molecule has 2 aromatic carbocycles. The molecule has 1 aromatic heterocycles. The van der Waals surface area contributed by atoms with Crippen molar-refractivity contribution in [3.63, 3.8) is 0 Å². The van der Waals surface area contributed by atoms with Crippen LogP contribution in [0.1, 0.15) is 16.9 Å². The fourth-order valence-electron chi connectivity index (χ4n) is 2.59. The molecule has 0 unspecified atom stereocenters. The molecule has 0 saturated carbocycles. The van der Waals surface area contributed by atoms with Crippen molar-refractivity contribution in [3.8, 4) is 11.3 Å². The van der Waals surface area contributed by atoms with Crippen LogP contribution in [-0.2, 0) is 0 Å². The summed E-state index contributed by atoms with van der Waals surface area (Å²) in [5, 5.41) is 17.5. The first kappa shape index (κ1) is 20.3. The van der Waals surface area contributed by atoms with Crippen molar-refractivity contribution in [2.45, 2.75) is 13.8 Å². The number of aryl methyl sites for hydroxylation is 2. The van der Waals surface area contributed by atoms with Gasteiger partial charge >= 0.3 is 6.03 Å². The number of hydrogen-bond acceptors (Lipinski definition) is 5. The highest BCUT2D eigenvalue weighted by molar-refractivity contribution is 9.10. The van der Waals surface area contributed by atoms with Gasteiger partial charge in [0.1, 0.15) is 11.5 Å². The van der Waals surface area contributed by atoms with E-state index in [4.69, 9.17) is 4.42 Å². The molecule has 148 valence electrons. The van der Waals surface area contributed by atoms with Crippen LogP contribution in [-0.4, -0.2) is 17.2 Å². The van der Waals surface area contributed by atoms with Crippen molar-refractivity contribution < 1.29 is 14.1 Å². The van der Waals surface area contributed by atoms with Crippen LogP contribution < -0.4 is 10.7 Å². The average Bonchev–Trinajstić information content (AvgIpc) is 3.13. The van der Waals surface area contributed by atoms with Gasteiger partial charge in [-0.15, -0.1) is 0 Å². The van der Waals surface area contributed by atoms with Gasteiger partial charge in [0.25, 0.3) is 5.69 Å². The third-order valence-electron chi connectivity index (χ3n) is 4.10. The number of hydrogen-bond donors (Lipinski definition) is 2. The zero-order chi connectivity index (χ0) is 21.0. The predicted octanol–water partition coefficient (Wildman–Crippen LogP) is 5.39. The van der Waals surface area contributed by atoms with Gasteiger partial charge in [-0.1, -0.05) is 22.0 Å². The molecule has 29 heavy (non-hydrogen) atoms. The van der Waals surface area contributed by atoms with E-state index < -0.39 is 11.0 Å². The molecule has 0 radical (unpaired) electrons. The van der Waals surface area contributed by atoms with Crippen molar-refractivity contribution in [2.75, 3.05) is 5.32 Å². The largest absolute Gasteiger partial charge is 0.455 e. The zero-order valence-corrected chi connectivity index (χ0v) is 17.2. The number of hydrazone groups is 1. The normalized spacial score (nSPS) is 10.9. The number of furan rings is 1. The van der Waals surface area contributed by atoms with Gasteiger partial charge in [-0.25, -0.2) is 10.2 Å². The van der Waals surface area contributed by atoms with Gasteiger partial charge in [0, 0.05) is 27.9 Å². The van der Waals surface area contributed by atoms with Crippen molar-refractivity contribution in [3.05, 3.63) is 80.0 Å². The van der Waals surface area contributed by atoms with Crippen LogP contribution in [0.4, 0.5) is 16.2 Å². The molecular weight excluding hydrogens is 440 g/mol. The number of rotatable bonds is 5. The molecule has 0 bridgehead atoms. The molecule has 9 heteroatoms. The summed E-state index contributed by atoms with van der Waals surface area (Å²) in [5.74, 6) is 0.869. The topological polar surface area (TPSA) is 110 Å². The van der Waals surface area contributed by atoms with Crippen molar-refractivity contribution in [1.29, 1.82) is 0 Å². The molecule has 0 atom stereocenters. The lowest BCUT2D eigenvalue weighted by atomic mass is 10.1. The minimum atomic E-state index is -0.496. The number of nitro groups is 1. The second-order valence-electron chi connectivity index (χ2n) is 6.25. The molecule has 3 aromatic rings. The summed E-state index contributed by atoms with van der Waals surface area (Å²) in [6.45, 7) is 3.76. The highest BCUT2D eigenvalue weighted by atomic mass is 79.9. The zero-order valence-electron chi connectivity index (χ0n) is 15.6. The first-order chi connectivity index (χ1) is 13.8. The van der Waals surface area contributed by atoms with Gasteiger partial charge in [-0.05, 0) is 55.3 Å². The second-order valence-corrected chi connectivity index (χ2v) is 7.10. The fourth-order valence-corrected chi connectivity index (χ4v) is 2.84. The fraction of sp³-hybridized carbons (Fsp3) is 0.100. The summed E-state index contributed by atoms with van der Waals surface area (Å²) in [4.78, 5) is 22.5. The first-order valence-corrected chi connectivity index (χ1v) is 9.34. The highest BCUT2D eigenvalue weighted by Crippen LogP contribution is 2.28. The number of halogens is 1. The third-order valence-corrected chi connectivity index (χ3v) is 4.99. The molecule has 0 saturated heterocycles. The number of carbonyl (C=O) groups is 1. The van der Waals surface area contributed by atoms with Gasteiger partial charge in [-0.3, -0.25) is 10.1 Å².